The third-order valence-electron chi connectivity index (χ3n) is 6.09. The lowest BCUT2D eigenvalue weighted by atomic mass is 9.88. The van der Waals surface area contributed by atoms with Gasteiger partial charge in [0.15, 0.2) is 0 Å². The van der Waals surface area contributed by atoms with Gasteiger partial charge in [-0.15, -0.1) is 0 Å². The Hall–Kier alpha value is -0.0800. The van der Waals surface area contributed by atoms with E-state index >= 15 is 0 Å². The highest BCUT2D eigenvalue weighted by Crippen LogP contribution is 2.45. The summed E-state index contributed by atoms with van der Waals surface area (Å²) in [4.78, 5) is 2.96. The average Bonchev–Trinajstić information content (AvgIpc) is 3.28. The van der Waals surface area contributed by atoms with E-state index in [1.165, 1.54) is 64.5 Å². The third-order valence-corrected chi connectivity index (χ3v) is 6.09. The lowest BCUT2D eigenvalue weighted by Gasteiger charge is -2.49. The molecule has 4 aliphatic rings. The maximum absolute atomic E-state index is 3.94. The summed E-state index contributed by atoms with van der Waals surface area (Å²) in [5, 5.41) is 3.94. The Morgan fingerprint density at radius 2 is 1.72 bits per heavy atom. The maximum atomic E-state index is 3.94. The molecule has 2 atom stereocenters. The van der Waals surface area contributed by atoms with Crippen molar-refractivity contribution in [2.24, 2.45) is 11.8 Å². The first-order chi connectivity index (χ1) is 8.76. The van der Waals surface area contributed by atoms with Gasteiger partial charge in [-0.2, -0.15) is 0 Å². The van der Waals surface area contributed by atoms with Crippen LogP contribution < -0.4 is 5.32 Å². The molecule has 18 heavy (non-hydrogen) atoms. The Morgan fingerprint density at radius 1 is 1.00 bits per heavy atom. The van der Waals surface area contributed by atoms with Crippen LogP contribution in [-0.4, -0.2) is 35.6 Å². The highest BCUT2D eigenvalue weighted by molar-refractivity contribution is 5.07. The summed E-state index contributed by atoms with van der Waals surface area (Å²) in [6, 6.07) is 1.80. The van der Waals surface area contributed by atoms with Gasteiger partial charge in [-0.25, -0.2) is 0 Å². The molecular weight excluding hydrogens is 220 g/mol. The Labute approximate surface area is 111 Å². The quantitative estimate of drug-likeness (QED) is 0.826. The van der Waals surface area contributed by atoms with Crippen LogP contribution in [0.3, 0.4) is 0 Å². The van der Waals surface area contributed by atoms with Crippen LogP contribution in [0.5, 0.6) is 0 Å². The Kier molecular flexibility index (Phi) is 2.74. The zero-order valence-electron chi connectivity index (χ0n) is 11.8. The summed E-state index contributed by atoms with van der Waals surface area (Å²) in [7, 11) is 0. The van der Waals surface area contributed by atoms with E-state index < -0.39 is 0 Å². The van der Waals surface area contributed by atoms with Crippen molar-refractivity contribution in [1.29, 1.82) is 0 Å². The molecule has 0 amide bonds. The average molecular weight is 248 g/mol. The molecular formula is C16H28N2. The summed E-state index contributed by atoms with van der Waals surface area (Å²) in [5.41, 5.74) is 0.438. The second kappa shape index (κ2) is 4.21. The lowest BCUT2D eigenvalue weighted by Crippen LogP contribution is -2.66. The van der Waals surface area contributed by atoms with Crippen molar-refractivity contribution in [2.45, 2.75) is 75.9 Å². The van der Waals surface area contributed by atoms with Crippen LogP contribution in [0, 0.1) is 11.8 Å². The zero-order valence-corrected chi connectivity index (χ0v) is 11.8. The lowest BCUT2D eigenvalue weighted by molar-refractivity contribution is 0.0305. The van der Waals surface area contributed by atoms with Crippen molar-refractivity contribution < 1.29 is 0 Å². The normalized spacial score (nSPS) is 43.5. The highest BCUT2D eigenvalue weighted by atomic mass is 15.3. The van der Waals surface area contributed by atoms with Gasteiger partial charge in [0.05, 0.1) is 0 Å². The van der Waals surface area contributed by atoms with E-state index in [0.717, 1.165) is 23.9 Å². The van der Waals surface area contributed by atoms with Gasteiger partial charge >= 0.3 is 0 Å². The number of hydrogen-bond acceptors (Lipinski definition) is 2. The Morgan fingerprint density at radius 3 is 2.33 bits per heavy atom. The number of nitrogens with one attached hydrogen (secondary N) is 1. The Balaban J connectivity index is 1.52. The van der Waals surface area contributed by atoms with E-state index in [-0.39, 0.29) is 0 Å². The monoisotopic (exact) mass is 248 g/mol. The van der Waals surface area contributed by atoms with Gasteiger partial charge in [-0.1, -0.05) is 12.8 Å². The second-order valence-electron chi connectivity index (χ2n) is 7.59. The topological polar surface area (TPSA) is 15.3 Å². The third kappa shape index (κ3) is 2.02. The fourth-order valence-electron chi connectivity index (χ4n) is 4.56. The van der Waals surface area contributed by atoms with E-state index in [2.05, 4.69) is 17.1 Å². The van der Waals surface area contributed by atoms with Crippen LogP contribution in [-0.2, 0) is 0 Å². The van der Waals surface area contributed by atoms with Crippen molar-refractivity contribution >= 4 is 0 Å². The minimum atomic E-state index is 0.438. The van der Waals surface area contributed by atoms with Gasteiger partial charge < -0.3 is 5.32 Å². The van der Waals surface area contributed by atoms with Crippen LogP contribution in [0.4, 0.5) is 0 Å². The molecule has 3 aliphatic carbocycles. The van der Waals surface area contributed by atoms with Crippen LogP contribution in [0.25, 0.3) is 0 Å². The first-order valence-electron chi connectivity index (χ1n) is 8.27. The summed E-state index contributed by atoms with van der Waals surface area (Å²) in [5.74, 6) is 2.00. The molecule has 1 heterocycles. The molecule has 2 heteroatoms. The molecule has 0 radical (unpaired) electrons. The fourth-order valence-corrected chi connectivity index (χ4v) is 4.56. The molecule has 0 aromatic rings. The molecule has 4 rings (SSSR count). The molecule has 0 spiro atoms. The largest absolute Gasteiger partial charge is 0.308 e. The van der Waals surface area contributed by atoms with Gasteiger partial charge in [-0.3, -0.25) is 4.90 Å². The number of hydrogen-bond donors (Lipinski definition) is 1. The molecule has 0 bridgehead atoms. The van der Waals surface area contributed by atoms with Crippen LogP contribution in [0.15, 0.2) is 0 Å². The van der Waals surface area contributed by atoms with Gasteiger partial charge in [0, 0.05) is 30.7 Å². The summed E-state index contributed by atoms with van der Waals surface area (Å²) in [6.07, 6.45) is 11.8. The van der Waals surface area contributed by atoms with E-state index in [1.54, 1.807) is 0 Å². The van der Waals surface area contributed by atoms with E-state index in [9.17, 15) is 0 Å². The minimum absolute atomic E-state index is 0.438. The molecule has 102 valence electrons. The predicted molar refractivity (Wildman–Crippen MR) is 74.6 cm³/mol. The van der Waals surface area contributed by atoms with Gasteiger partial charge in [-0.05, 0) is 57.3 Å². The molecule has 0 aromatic carbocycles. The minimum Gasteiger partial charge on any atom is -0.308 e. The Bertz CT molecular complexity index is 315. The fraction of sp³-hybridized carbons (Fsp3) is 1.00. The molecule has 4 fully saturated rings. The zero-order chi connectivity index (χ0) is 12.2. The molecule has 1 N–H and O–H groups in total. The molecule has 3 saturated carbocycles. The van der Waals surface area contributed by atoms with Crippen molar-refractivity contribution in [3.05, 3.63) is 0 Å². The molecule has 2 nitrogen and oxygen atoms in total. The van der Waals surface area contributed by atoms with Crippen LogP contribution in [0.1, 0.15) is 58.3 Å². The summed E-state index contributed by atoms with van der Waals surface area (Å²) >= 11 is 0. The number of nitrogens with zero attached hydrogens (tertiary/aromatic N) is 1. The predicted octanol–water partition coefficient (Wildman–Crippen LogP) is 2.78. The SMILES string of the molecule is CC1(C2CC2)CN(C2CCCC2)C(C2CC2)CN1. The molecule has 0 aromatic heterocycles. The second-order valence-corrected chi connectivity index (χ2v) is 7.59. The summed E-state index contributed by atoms with van der Waals surface area (Å²) in [6.45, 7) is 5.10. The summed E-state index contributed by atoms with van der Waals surface area (Å²) < 4.78 is 0. The van der Waals surface area contributed by atoms with E-state index in [0.29, 0.717) is 5.54 Å². The molecule has 1 saturated heterocycles. The molecule has 1 aliphatic heterocycles. The van der Waals surface area contributed by atoms with Gasteiger partial charge in [0.25, 0.3) is 0 Å². The van der Waals surface area contributed by atoms with Gasteiger partial charge in [0.2, 0.25) is 0 Å². The van der Waals surface area contributed by atoms with Gasteiger partial charge in [0.1, 0.15) is 0 Å². The van der Waals surface area contributed by atoms with Crippen molar-refractivity contribution in [3.8, 4) is 0 Å². The first-order valence-corrected chi connectivity index (χ1v) is 8.27. The standard InChI is InChI=1S/C16H28N2/c1-16(13-8-9-13)11-18(14-4-2-3-5-14)15(10-17-16)12-6-7-12/h12-15,17H,2-11H2,1H3. The van der Waals surface area contributed by atoms with Crippen molar-refractivity contribution in [1.82, 2.24) is 10.2 Å². The first kappa shape index (κ1) is 11.7. The smallest absolute Gasteiger partial charge is 0.0309 e. The number of rotatable bonds is 3. The molecule has 2 unspecified atom stereocenters. The number of piperazine rings is 1. The van der Waals surface area contributed by atoms with Crippen LogP contribution >= 0.6 is 0 Å². The van der Waals surface area contributed by atoms with E-state index in [4.69, 9.17) is 0 Å². The highest BCUT2D eigenvalue weighted by Gasteiger charge is 2.50. The van der Waals surface area contributed by atoms with Crippen LogP contribution in [0.2, 0.25) is 0 Å². The maximum Gasteiger partial charge on any atom is 0.0309 e. The van der Waals surface area contributed by atoms with Crippen molar-refractivity contribution in [3.63, 3.8) is 0 Å². The van der Waals surface area contributed by atoms with Crippen molar-refractivity contribution in [2.75, 3.05) is 13.1 Å². The van der Waals surface area contributed by atoms with E-state index in [1.807, 2.05) is 0 Å².